The van der Waals surface area contributed by atoms with E-state index < -0.39 is 0 Å². The minimum atomic E-state index is -0.00236. The van der Waals surface area contributed by atoms with Crippen molar-refractivity contribution in [1.29, 1.82) is 0 Å². The zero-order chi connectivity index (χ0) is 14.6. The molecule has 1 saturated carbocycles. The van der Waals surface area contributed by atoms with Gasteiger partial charge in [-0.3, -0.25) is 0 Å². The maximum absolute atomic E-state index is 8.87. The van der Waals surface area contributed by atoms with Crippen LogP contribution in [0, 0.1) is 5.41 Å². The van der Waals surface area contributed by atoms with E-state index in [-0.39, 0.29) is 13.2 Å². The average Bonchev–Trinajstić information content (AvgIpc) is 2.76. The molecule has 112 valence electrons. The molecule has 1 aliphatic rings. The molecule has 1 unspecified atom stereocenters. The van der Waals surface area contributed by atoms with Crippen LogP contribution in [-0.4, -0.2) is 31.5 Å². The number of benzene rings is 1. The first-order chi connectivity index (χ1) is 9.54. The predicted molar refractivity (Wildman–Crippen MR) is 80.6 cm³/mol. The molecule has 1 aromatic carbocycles. The van der Waals surface area contributed by atoms with Gasteiger partial charge in [-0.25, -0.2) is 0 Å². The van der Waals surface area contributed by atoms with Crippen LogP contribution in [0.15, 0.2) is 18.2 Å². The lowest BCUT2D eigenvalue weighted by Crippen LogP contribution is -2.17. The summed E-state index contributed by atoms with van der Waals surface area (Å²) in [4.78, 5) is 0. The van der Waals surface area contributed by atoms with E-state index in [1.807, 2.05) is 18.2 Å². The molecule has 1 fully saturated rings. The number of anilines is 1. The van der Waals surface area contributed by atoms with Crippen LogP contribution in [0.3, 0.4) is 0 Å². The predicted octanol–water partition coefficient (Wildman–Crippen LogP) is 3.06. The van der Waals surface area contributed by atoms with Crippen LogP contribution in [0.25, 0.3) is 0 Å². The smallest absolute Gasteiger partial charge is 0.163 e. The Morgan fingerprint density at radius 2 is 2.15 bits per heavy atom. The van der Waals surface area contributed by atoms with Gasteiger partial charge in [-0.1, -0.05) is 13.8 Å². The third-order valence-electron chi connectivity index (χ3n) is 3.85. The highest BCUT2D eigenvalue weighted by Crippen LogP contribution is 2.39. The number of aliphatic hydroxyl groups is 1. The Balaban J connectivity index is 2.05. The number of methoxy groups -OCH3 is 1. The van der Waals surface area contributed by atoms with Gasteiger partial charge in [-0.2, -0.15) is 0 Å². The average molecular weight is 279 g/mol. The summed E-state index contributed by atoms with van der Waals surface area (Å²) in [5.74, 6) is 1.36. The number of hydrogen-bond donors (Lipinski definition) is 2. The van der Waals surface area contributed by atoms with Gasteiger partial charge in [0, 0.05) is 17.8 Å². The Morgan fingerprint density at radius 3 is 2.75 bits per heavy atom. The second-order valence-corrected chi connectivity index (χ2v) is 6.19. The van der Waals surface area contributed by atoms with E-state index in [1.54, 1.807) is 7.11 Å². The first-order valence-electron chi connectivity index (χ1n) is 7.22. The van der Waals surface area contributed by atoms with E-state index in [9.17, 15) is 0 Å². The van der Waals surface area contributed by atoms with Crippen molar-refractivity contribution in [2.24, 2.45) is 5.41 Å². The van der Waals surface area contributed by atoms with Gasteiger partial charge in [-0.15, -0.1) is 0 Å². The molecule has 1 atom stereocenters. The molecule has 1 aromatic rings. The van der Waals surface area contributed by atoms with Crippen molar-refractivity contribution in [3.8, 4) is 11.5 Å². The topological polar surface area (TPSA) is 50.7 Å². The van der Waals surface area contributed by atoms with Crippen LogP contribution in [0.5, 0.6) is 11.5 Å². The maximum Gasteiger partial charge on any atom is 0.163 e. The van der Waals surface area contributed by atoms with Crippen LogP contribution in [0.2, 0.25) is 0 Å². The lowest BCUT2D eigenvalue weighted by Gasteiger charge is -2.19. The molecule has 2 N–H and O–H groups in total. The van der Waals surface area contributed by atoms with Crippen LogP contribution < -0.4 is 14.8 Å². The summed E-state index contributed by atoms with van der Waals surface area (Å²) < 4.78 is 10.8. The SMILES string of the molecule is COc1ccc(NC2CCC(C)(C)C2)cc1OCCO. The Labute approximate surface area is 121 Å². The van der Waals surface area contributed by atoms with E-state index in [0.717, 1.165) is 5.69 Å². The van der Waals surface area contributed by atoms with Gasteiger partial charge in [0.15, 0.2) is 11.5 Å². The molecule has 20 heavy (non-hydrogen) atoms. The van der Waals surface area contributed by atoms with Crippen LogP contribution >= 0.6 is 0 Å². The number of aliphatic hydroxyl groups excluding tert-OH is 1. The van der Waals surface area contributed by atoms with E-state index in [4.69, 9.17) is 14.6 Å². The van der Waals surface area contributed by atoms with Gasteiger partial charge in [0.25, 0.3) is 0 Å². The summed E-state index contributed by atoms with van der Waals surface area (Å²) in [5, 5.41) is 12.4. The zero-order valence-corrected chi connectivity index (χ0v) is 12.6. The first-order valence-corrected chi connectivity index (χ1v) is 7.22. The quantitative estimate of drug-likeness (QED) is 0.840. The molecular formula is C16H25NO3. The molecule has 0 heterocycles. The number of nitrogens with one attached hydrogen (secondary N) is 1. The lowest BCUT2D eigenvalue weighted by atomic mass is 9.92. The fourth-order valence-corrected chi connectivity index (χ4v) is 2.83. The van der Waals surface area contributed by atoms with E-state index in [0.29, 0.717) is 23.0 Å². The van der Waals surface area contributed by atoms with E-state index in [1.165, 1.54) is 19.3 Å². The van der Waals surface area contributed by atoms with Crippen molar-refractivity contribution in [1.82, 2.24) is 0 Å². The van der Waals surface area contributed by atoms with E-state index in [2.05, 4.69) is 19.2 Å². The van der Waals surface area contributed by atoms with Gasteiger partial charge in [-0.05, 0) is 36.8 Å². The minimum absolute atomic E-state index is 0.00236. The molecular weight excluding hydrogens is 254 g/mol. The molecule has 0 aliphatic heterocycles. The van der Waals surface area contributed by atoms with Crippen molar-refractivity contribution < 1.29 is 14.6 Å². The van der Waals surface area contributed by atoms with Crippen LogP contribution in [0.4, 0.5) is 5.69 Å². The third kappa shape index (κ3) is 3.79. The van der Waals surface area contributed by atoms with Crippen LogP contribution in [0.1, 0.15) is 33.1 Å². The minimum Gasteiger partial charge on any atom is -0.493 e. The molecule has 0 saturated heterocycles. The van der Waals surface area contributed by atoms with Gasteiger partial charge >= 0.3 is 0 Å². The number of hydrogen-bond acceptors (Lipinski definition) is 4. The number of rotatable bonds is 6. The van der Waals surface area contributed by atoms with Crippen molar-refractivity contribution in [3.63, 3.8) is 0 Å². The second-order valence-electron chi connectivity index (χ2n) is 6.19. The molecule has 0 amide bonds. The molecule has 4 heteroatoms. The van der Waals surface area contributed by atoms with Gasteiger partial charge < -0.3 is 19.9 Å². The summed E-state index contributed by atoms with van der Waals surface area (Å²) in [6.45, 7) is 4.91. The first kappa shape index (κ1) is 15.0. The highest BCUT2D eigenvalue weighted by molar-refractivity contribution is 5.55. The summed E-state index contributed by atoms with van der Waals surface area (Å²) in [6.07, 6.45) is 3.65. The Bertz CT molecular complexity index is 445. The molecule has 1 aliphatic carbocycles. The summed E-state index contributed by atoms with van der Waals surface area (Å²) in [5.41, 5.74) is 1.47. The summed E-state index contributed by atoms with van der Waals surface area (Å²) >= 11 is 0. The Kier molecular flexibility index (Phi) is 4.76. The van der Waals surface area contributed by atoms with E-state index >= 15 is 0 Å². The number of ether oxygens (including phenoxy) is 2. The van der Waals surface area contributed by atoms with Gasteiger partial charge in [0.05, 0.1) is 13.7 Å². The third-order valence-corrected chi connectivity index (χ3v) is 3.85. The maximum atomic E-state index is 8.87. The molecule has 0 radical (unpaired) electrons. The largest absolute Gasteiger partial charge is 0.493 e. The summed E-state index contributed by atoms with van der Waals surface area (Å²) in [6, 6.07) is 6.37. The standard InChI is InChI=1S/C16H25NO3/c1-16(2)7-6-13(11-16)17-12-4-5-14(19-3)15(10-12)20-9-8-18/h4-5,10,13,17-18H,6-9,11H2,1-3H3. The van der Waals surface area contributed by atoms with Crippen LogP contribution in [-0.2, 0) is 0 Å². The molecule has 0 spiro atoms. The fourth-order valence-electron chi connectivity index (χ4n) is 2.83. The Hall–Kier alpha value is -1.42. The molecule has 2 rings (SSSR count). The monoisotopic (exact) mass is 279 g/mol. The summed E-state index contributed by atoms with van der Waals surface area (Å²) in [7, 11) is 1.62. The highest BCUT2D eigenvalue weighted by Gasteiger charge is 2.30. The second kappa shape index (κ2) is 6.35. The van der Waals surface area contributed by atoms with Crippen molar-refractivity contribution in [2.45, 2.75) is 39.2 Å². The van der Waals surface area contributed by atoms with Crippen molar-refractivity contribution >= 4 is 5.69 Å². The molecule has 0 bridgehead atoms. The normalized spacial score (nSPS) is 20.7. The Morgan fingerprint density at radius 1 is 1.35 bits per heavy atom. The highest BCUT2D eigenvalue weighted by atomic mass is 16.5. The zero-order valence-electron chi connectivity index (χ0n) is 12.6. The van der Waals surface area contributed by atoms with Crippen molar-refractivity contribution in [2.75, 3.05) is 25.6 Å². The van der Waals surface area contributed by atoms with Gasteiger partial charge in [0.1, 0.15) is 6.61 Å². The lowest BCUT2D eigenvalue weighted by molar-refractivity contribution is 0.196. The molecule has 0 aromatic heterocycles. The van der Waals surface area contributed by atoms with Crippen molar-refractivity contribution in [3.05, 3.63) is 18.2 Å². The fraction of sp³-hybridized carbons (Fsp3) is 0.625. The molecule has 4 nitrogen and oxygen atoms in total. The van der Waals surface area contributed by atoms with Gasteiger partial charge in [0.2, 0.25) is 0 Å².